The van der Waals surface area contributed by atoms with E-state index in [-0.39, 0.29) is 0 Å². The number of likely N-dealkylation sites (N-methyl/N-ethyl adjacent to an activating group) is 1. The lowest BCUT2D eigenvalue weighted by Crippen LogP contribution is -2.37. The molecule has 0 saturated carbocycles. The molecule has 0 radical (unpaired) electrons. The molecule has 1 N–H and O–H groups in total. The number of rotatable bonds is 3. The van der Waals surface area contributed by atoms with Gasteiger partial charge in [0.25, 0.3) is 0 Å². The van der Waals surface area contributed by atoms with Crippen LogP contribution in [0.3, 0.4) is 0 Å². The molecule has 0 aromatic heterocycles. The van der Waals surface area contributed by atoms with Gasteiger partial charge in [0.2, 0.25) is 0 Å². The highest BCUT2D eigenvalue weighted by molar-refractivity contribution is 4.63. The first-order valence-corrected chi connectivity index (χ1v) is 4.87. The van der Waals surface area contributed by atoms with Crippen molar-refractivity contribution in [2.24, 2.45) is 0 Å². The summed E-state index contributed by atoms with van der Waals surface area (Å²) in [6.07, 6.45) is 2.68. The summed E-state index contributed by atoms with van der Waals surface area (Å²) < 4.78 is 0. The molecule has 1 saturated heterocycles. The van der Waals surface area contributed by atoms with Gasteiger partial charge in [0.1, 0.15) is 0 Å². The van der Waals surface area contributed by atoms with Crippen molar-refractivity contribution in [3.05, 3.63) is 0 Å². The first kappa shape index (κ1) is 9.96. The third-order valence-electron chi connectivity index (χ3n) is 2.28. The molecule has 1 rings (SSSR count). The van der Waals surface area contributed by atoms with Gasteiger partial charge in [-0.05, 0) is 40.0 Å². The second kappa shape index (κ2) is 5.51. The van der Waals surface area contributed by atoms with E-state index in [0.29, 0.717) is 0 Å². The predicted molar refractivity (Wildman–Crippen MR) is 52.2 cm³/mol. The fourth-order valence-corrected chi connectivity index (χ4v) is 1.43. The zero-order valence-corrected chi connectivity index (χ0v) is 8.34. The first-order chi connectivity index (χ1) is 5.79. The Morgan fingerprint density at radius 1 is 1.33 bits per heavy atom. The third kappa shape index (κ3) is 4.04. The average Bonchev–Trinajstić information content (AvgIpc) is 2.28. The van der Waals surface area contributed by atoms with Crippen molar-refractivity contribution >= 4 is 0 Å². The Hall–Kier alpha value is -0.120. The van der Waals surface area contributed by atoms with E-state index in [9.17, 15) is 0 Å². The highest BCUT2D eigenvalue weighted by atomic mass is 15.2. The van der Waals surface area contributed by atoms with Gasteiger partial charge in [-0.3, -0.25) is 4.90 Å². The van der Waals surface area contributed by atoms with Crippen molar-refractivity contribution < 1.29 is 0 Å². The normalized spacial score (nSPS) is 21.2. The molecule has 0 bridgehead atoms. The van der Waals surface area contributed by atoms with Crippen molar-refractivity contribution in [2.75, 3.05) is 46.9 Å². The van der Waals surface area contributed by atoms with Crippen molar-refractivity contribution in [1.82, 2.24) is 15.1 Å². The molecule has 3 heteroatoms. The van der Waals surface area contributed by atoms with Crippen LogP contribution in [0.15, 0.2) is 0 Å². The predicted octanol–water partition coefficient (Wildman–Crippen LogP) is 0.191. The summed E-state index contributed by atoms with van der Waals surface area (Å²) in [5.41, 5.74) is 0. The molecule has 12 heavy (non-hydrogen) atoms. The van der Waals surface area contributed by atoms with Gasteiger partial charge in [0.15, 0.2) is 0 Å². The summed E-state index contributed by atoms with van der Waals surface area (Å²) >= 11 is 0. The Morgan fingerprint density at radius 2 is 2.17 bits per heavy atom. The van der Waals surface area contributed by atoms with E-state index in [1.165, 1.54) is 39.0 Å². The maximum absolute atomic E-state index is 3.43. The molecule has 0 aromatic carbocycles. The lowest BCUT2D eigenvalue weighted by Gasteiger charge is -2.21. The van der Waals surface area contributed by atoms with E-state index < -0.39 is 0 Å². The molecule has 72 valence electrons. The molecule has 0 amide bonds. The monoisotopic (exact) mass is 171 g/mol. The highest BCUT2D eigenvalue weighted by Gasteiger charge is 2.07. The summed E-state index contributed by atoms with van der Waals surface area (Å²) in [6.45, 7) is 5.90. The van der Waals surface area contributed by atoms with Crippen LogP contribution in [0, 0.1) is 0 Å². The van der Waals surface area contributed by atoms with E-state index in [0.717, 1.165) is 6.67 Å². The second-order valence-corrected chi connectivity index (χ2v) is 3.79. The van der Waals surface area contributed by atoms with Crippen LogP contribution in [0.2, 0.25) is 0 Å². The number of hydrogen-bond donors (Lipinski definition) is 1. The average molecular weight is 171 g/mol. The Labute approximate surface area is 75.7 Å². The van der Waals surface area contributed by atoms with Crippen LogP contribution in [0.4, 0.5) is 0 Å². The maximum atomic E-state index is 3.43. The molecule has 0 aromatic rings. The molecule has 0 aliphatic carbocycles. The van der Waals surface area contributed by atoms with Gasteiger partial charge in [-0.1, -0.05) is 0 Å². The molecule has 1 aliphatic heterocycles. The molecule has 0 unspecified atom stereocenters. The van der Waals surface area contributed by atoms with Gasteiger partial charge in [-0.15, -0.1) is 0 Å². The van der Waals surface area contributed by atoms with E-state index >= 15 is 0 Å². The lowest BCUT2D eigenvalue weighted by atomic mass is 10.3. The maximum Gasteiger partial charge on any atom is 0.0480 e. The molecule has 0 spiro atoms. The van der Waals surface area contributed by atoms with Crippen LogP contribution < -0.4 is 5.32 Å². The summed E-state index contributed by atoms with van der Waals surface area (Å²) in [7, 11) is 4.26. The van der Waals surface area contributed by atoms with E-state index in [2.05, 4.69) is 29.2 Å². The largest absolute Gasteiger partial charge is 0.308 e. The summed E-state index contributed by atoms with van der Waals surface area (Å²) in [4.78, 5) is 4.73. The molecule has 1 heterocycles. The van der Waals surface area contributed by atoms with Crippen molar-refractivity contribution in [2.45, 2.75) is 12.8 Å². The minimum Gasteiger partial charge on any atom is -0.308 e. The van der Waals surface area contributed by atoms with Crippen molar-refractivity contribution in [3.8, 4) is 0 Å². The van der Waals surface area contributed by atoms with Gasteiger partial charge < -0.3 is 10.2 Å². The van der Waals surface area contributed by atoms with E-state index in [4.69, 9.17) is 0 Å². The smallest absolute Gasteiger partial charge is 0.0480 e. The van der Waals surface area contributed by atoms with Crippen LogP contribution in [-0.2, 0) is 0 Å². The standard InChI is InChI=1S/C9H21N3/c1-11(2)7-8-12-6-4-3-5-10-9-12/h10H,3-9H2,1-2H3. The van der Waals surface area contributed by atoms with Crippen LogP contribution in [0.5, 0.6) is 0 Å². The van der Waals surface area contributed by atoms with Gasteiger partial charge in [0, 0.05) is 19.8 Å². The molecule has 1 fully saturated rings. The van der Waals surface area contributed by atoms with Crippen molar-refractivity contribution in [3.63, 3.8) is 0 Å². The quantitative estimate of drug-likeness (QED) is 0.654. The zero-order valence-electron chi connectivity index (χ0n) is 8.34. The summed E-state index contributed by atoms with van der Waals surface area (Å²) in [6, 6.07) is 0. The van der Waals surface area contributed by atoms with Gasteiger partial charge >= 0.3 is 0 Å². The Morgan fingerprint density at radius 3 is 2.92 bits per heavy atom. The summed E-state index contributed by atoms with van der Waals surface area (Å²) in [5, 5.41) is 3.43. The number of nitrogens with one attached hydrogen (secondary N) is 1. The summed E-state index contributed by atoms with van der Waals surface area (Å²) in [5.74, 6) is 0. The number of nitrogens with zero attached hydrogens (tertiary/aromatic N) is 2. The minimum absolute atomic E-state index is 1.08. The third-order valence-corrected chi connectivity index (χ3v) is 2.28. The second-order valence-electron chi connectivity index (χ2n) is 3.79. The van der Waals surface area contributed by atoms with Crippen LogP contribution >= 0.6 is 0 Å². The molecule has 0 atom stereocenters. The van der Waals surface area contributed by atoms with E-state index in [1.807, 2.05) is 0 Å². The Bertz CT molecular complexity index is 106. The lowest BCUT2D eigenvalue weighted by molar-refractivity contribution is 0.239. The SMILES string of the molecule is CN(C)CCN1CCCCNC1. The molecular weight excluding hydrogens is 150 g/mol. The van der Waals surface area contributed by atoms with Crippen LogP contribution in [0.25, 0.3) is 0 Å². The molecule has 1 aliphatic rings. The Balaban J connectivity index is 2.12. The van der Waals surface area contributed by atoms with Gasteiger partial charge in [-0.2, -0.15) is 0 Å². The van der Waals surface area contributed by atoms with E-state index in [1.54, 1.807) is 0 Å². The molecular formula is C9H21N3. The fraction of sp³-hybridized carbons (Fsp3) is 1.00. The minimum atomic E-state index is 1.08. The zero-order chi connectivity index (χ0) is 8.81. The fourth-order valence-electron chi connectivity index (χ4n) is 1.43. The topological polar surface area (TPSA) is 18.5 Å². The Kier molecular flexibility index (Phi) is 4.58. The highest BCUT2D eigenvalue weighted by Crippen LogP contribution is 1.97. The number of hydrogen-bond acceptors (Lipinski definition) is 3. The van der Waals surface area contributed by atoms with Crippen LogP contribution in [0.1, 0.15) is 12.8 Å². The molecule has 3 nitrogen and oxygen atoms in total. The van der Waals surface area contributed by atoms with Crippen LogP contribution in [-0.4, -0.2) is 56.7 Å². The first-order valence-electron chi connectivity index (χ1n) is 4.87. The van der Waals surface area contributed by atoms with Gasteiger partial charge in [0.05, 0.1) is 0 Å². The van der Waals surface area contributed by atoms with Gasteiger partial charge in [-0.25, -0.2) is 0 Å². The van der Waals surface area contributed by atoms with Crippen molar-refractivity contribution in [1.29, 1.82) is 0 Å².